The van der Waals surface area contributed by atoms with Crippen LogP contribution in [0.15, 0.2) is 47.8 Å². The van der Waals surface area contributed by atoms with Gasteiger partial charge in [0.1, 0.15) is 5.82 Å². The van der Waals surface area contributed by atoms with E-state index in [1.807, 2.05) is 41.6 Å². The summed E-state index contributed by atoms with van der Waals surface area (Å²) in [5.74, 6) is 0.801. The molecule has 28 heavy (non-hydrogen) atoms. The van der Waals surface area contributed by atoms with Gasteiger partial charge in [-0.05, 0) is 36.4 Å². The van der Waals surface area contributed by atoms with E-state index >= 15 is 0 Å². The normalized spacial score (nSPS) is 10.7. The SMILES string of the molecule is CC(=O)Nc1ccc(NC(=O)CSc2nnc(Cc3cccn3C)n2C)cc1. The van der Waals surface area contributed by atoms with Crippen molar-refractivity contribution in [2.45, 2.75) is 18.5 Å². The molecule has 3 rings (SSSR count). The van der Waals surface area contributed by atoms with Crippen LogP contribution in [0.1, 0.15) is 18.4 Å². The average molecular weight is 398 g/mol. The van der Waals surface area contributed by atoms with Crippen LogP contribution in [0, 0.1) is 0 Å². The lowest BCUT2D eigenvalue weighted by Crippen LogP contribution is -2.14. The third-order valence-electron chi connectivity index (χ3n) is 4.14. The largest absolute Gasteiger partial charge is 0.354 e. The van der Waals surface area contributed by atoms with Crippen molar-refractivity contribution in [3.8, 4) is 0 Å². The number of carbonyl (C=O) groups is 2. The molecule has 2 amide bonds. The summed E-state index contributed by atoms with van der Waals surface area (Å²) in [5.41, 5.74) is 2.50. The molecule has 0 saturated carbocycles. The van der Waals surface area contributed by atoms with Gasteiger partial charge in [-0.15, -0.1) is 10.2 Å². The molecule has 3 aromatic rings. The number of hydrogen-bond donors (Lipinski definition) is 2. The summed E-state index contributed by atoms with van der Waals surface area (Å²) in [7, 11) is 3.90. The number of aromatic nitrogens is 4. The highest BCUT2D eigenvalue weighted by Crippen LogP contribution is 2.19. The second kappa shape index (κ2) is 8.75. The van der Waals surface area contributed by atoms with Gasteiger partial charge in [-0.2, -0.15) is 0 Å². The van der Waals surface area contributed by atoms with Gasteiger partial charge < -0.3 is 19.8 Å². The smallest absolute Gasteiger partial charge is 0.234 e. The monoisotopic (exact) mass is 398 g/mol. The minimum atomic E-state index is -0.136. The third kappa shape index (κ3) is 5.01. The van der Waals surface area contributed by atoms with Gasteiger partial charge in [0.25, 0.3) is 0 Å². The Morgan fingerprint density at radius 2 is 1.71 bits per heavy atom. The molecule has 0 bridgehead atoms. The van der Waals surface area contributed by atoms with Crippen LogP contribution in [0.5, 0.6) is 0 Å². The molecule has 9 heteroatoms. The highest BCUT2D eigenvalue weighted by Gasteiger charge is 2.13. The summed E-state index contributed by atoms with van der Waals surface area (Å²) in [4.78, 5) is 23.2. The highest BCUT2D eigenvalue weighted by atomic mass is 32.2. The number of nitrogens with one attached hydrogen (secondary N) is 2. The van der Waals surface area contributed by atoms with Crippen LogP contribution in [-0.4, -0.2) is 36.9 Å². The average Bonchev–Trinajstić information content (AvgIpc) is 3.21. The van der Waals surface area contributed by atoms with Gasteiger partial charge in [-0.25, -0.2) is 0 Å². The van der Waals surface area contributed by atoms with E-state index in [4.69, 9.17) is 0 Å². The zero-order valence-corrected chi connectivity index (χ0v) is 16.8. The summed E-state index contributed by atoms with van der Waals surface area (Å²) in [6.45, 7) is 1.45. The number of carbonyl (C=O) groups excluding carboxylic acids is 2. The van der Waals surface area contributed by atoms with Crippen LogP contribution in [-0.2, 0) is 30.1 Å². The lowest BCUT2D eigenvalue weighted by molar-refractivity contribution is -0.114. The Balaban J connectivity index is 1.53. The molecule has 0 unspecified atom stereocenters. The first-order valence-corrected chi connectivity index (χ1v) is 9.69. The van der Waals surface area contributed by atoms with Crippen molar-refractivity contribution in [3.05, 3.63) is 54.1 Å². The summed E-state index contributed by atoms with van der Waals surface area (Å²) < 4.78 is 3.96. The predicted molar refractivity (Wildman–Crippen MR) is 109 cm³/mol. The fraction of sp³-hybridized carbons (Fsp3) is 0.263. The molecule has 8 nitrogen and oxygen atoms in total. The van der Waals surface area contributed by atoms with Crippen LogP contribution in [0.2, 0.25) is 0 Å². The Morgan fingerprint density at radius 3 is 2.32 bits per heavy atom. The number of amides is 2. The molecule has 2 heterocycles. The van der Waals surface area contributed by atoms with Crippen molar-refractivity contribution < 1.29 is 9.59 Å². The Hall–Kier alpha value is -3.07. The summed E-state index contributed by atoms with van der Waals surface area (Å²) in [5, 5.41) is 14.6. The van der Waals surface area contributed by atoms with E-state index in [2.05, 4.69) is 20.8 Å². The quantitative estimate of drug-likeness (QED) is 0.596. The first kappa shape index (κ1) is 19.7. The Morgan fingerprint density at radius 1 is 1.04 bits per heavy atom. The van der Waals surface area contributed by atoms with Crippen molar-refractivity contribution >= 4 is 35.0 Å². The highest BCUT2D eigenvalue weighted by molar-refractivity contribution is 7.99. The van der Waals surface area contributed by atoms with E-state index in [-0.39, 0.29) is 17.6 Å². The maximum atomic E-state index is 12.2. The van der Waals surface area contributed by atoms with E-state index in [1.54, 1.807) is 24.3 Å². The number of nitrogens with zero attached hydrogens (tertiary/aromatic N) is 4. The Bertz CT molecular complexity index is 977. The molecule has 1 aromatic carbocycles. The van der Waals surface area contributed by atoms with Crippen molar-refractivity contribution in [2.75, 3.05) is 16.4 Å². The molecule has 0 radical (unpaired) electrons. The van der Waals surface area contributed by atoms with Crippen molar-refractivity contribution in [1.29, 1.82) is 0 Å². The molecule has 2 aromatic heterocycles. The fourth-order valence-corrected chi connectivity index (χ4v) is 3.36. The number of benzene rings is 1. The second-order valence-corrected chi connectivity index (χ2v) is 7.28. The molecule has 0 aliphatic carbocycles. The maximum Gasteiger partial charge on any atom is 0.234 e. The number of aryl methyl sites for hydroxylation is 1. The van der Waals surface area contributed by atoms with Crippen molar-refractivity contribution in [1.82, 2.24) is 19.3 Å². The van der Waals surface area contributed by atoms with Crippen LogP contribution >= 0.6 is 11.8 Å². The van der Waals surface area contributed by atoms with Crippen molar-refractivity contribution in [3.63, 3.8) is 0 Å². The first-order valence-electron chi connectivity index (χ1n) is 8.71. The number of thioether (sulfide) groups is 1. The van der Waals surface area contributed by atoms with Gasteiger partial charge in [-0.3, -0.25) is 9.59 Å². The lowest BCUT2D eigenvalue weighted by atomic mass is 10.3. The van der Waals surface area contributed by atoms with Crippen molar-refractivity contribution in [2.24, 2.45) is 14.1 Å². The number of hydrogen-bond acceptors (Lipinski definition) is 5. The van der Waals surface area contributed by atoms with Gasteiger partial charge in [0, 0.05) is 50.7 Å². The minimum absolute atomic E-state index is 0.135. The summed E-state index contributed by atoms with van der Waals surface area (Å²) >= 11 is 1.34. The number of anilines is 2. The Kier molecular flexibility index (Phi) is 6.15. The molecule has 0 saturated heterocycles. The zero-order chi connectivity index (χ0) is 20.1. The topological polar surface area (TPSA) is 93.8 Å². The zero-order valence-electron chi connectivity index (χ0n) is 16.0. The summed E-state index contributed by atoms with van der Waals surface area (Å²) in [6, 6.07) is 11.0. The molecule has 0 fully saturated rings. The van der Waals surface area contributed by atoms with E-state index < -0.39 is 0 Å². The minimum Gasteiger partial charge on any atom is -0.354 e. The van der Waals surface area contributed by atoms with Gasteiger partial charge in [0.05, 0.1) is 5.75 Å². The standard InChI is InChI=1S/C19H22N6O2S/c1-13(26)20-14-6-8-15(9-7-14)21-18(27)12-28-19-23-22-17(25(19)3)11-16-5-4-10-24(16)2/h4-10H,11-12H2,1-3H3,(H,20,26)(H,21,27). The van der Waals surface area contributed by atoms with Crippen LogP contribution in [0.4, 0.5) is 11.4 Å². The molecule has 2 N–H and O–H groups in total. The van der Waals surface area contributed by atoms with E-state index in [0.29, 0.717) is 23.0 Å². The molecule has 146 valence electrons. The van der Waals surface area contributed by atoms with Crippen LogP contribution in [0.25, 0.3) is 0 Å². The van der Waals surface area contributed by atoms with Gasteiger partial charge >= 0.3 is 0 Å². The third-order valence-corrected chi connectivity index (χ3v) is 5.16. The summed E-state index contributed by atoms with van der Waals surface area (Å²) in [6.07, 6.45) is 2.68. The molecule has 0 spiro atoms. The second-order valence-electron chi connectivity index (χ2n) is 6.34. The first-order chi connectivity index (χ1) is 13.4. The van der Waals surface area contributed by atoms with Gasteiger partial charge in [0.15, 0.2) is 5.16 Å². The molecule has 0 aliphatic rings. The molecular weight excluding hydrogens is 376 g/mol. The van der Waals surface area contributed by atoms with Crippen LogP contribution in [0.3, 0.4) is 0 Å². The van der Waals surface area contributed by atoms with E-state index in [9.17, 15) is 9.59 Å². The van der Waals surface area contributed by atoms with Crippen LogP contribution < -0.4 is 10.6 Å². The van der Waals surface area contributed by atoms with E-state index in [0.717, 1.165) is 11.5 Å². The van der Waals surface area contributed by atoms with Gasteiger partial charge in [0.2, 0.25) is 11.8 Å². The molecular formula is C19H22N6O2S. The van der Waals surface area contributed by atoms with E-state index in [1.165, 1.54) is 18.7 Å². The van der Waals surface area contributed by atoms with Gasteiger partial charge in [-0.1, -0.05) is 11.8 Å². The fourth-order valence-electron chi connectivity index (χ4n) is 2.63. The number of rotatable bonds is 7. The predicted octanol–water partition coefficient (Wildman–Crippen LogP) is 2.43. The molecule has 0 atom stereocenters. The maximum absolute atomic E-state index is 12.2. The molecule has 0 aliphatic heterocycles. The lowest BCUT2D eigenvalue weighted by Gasteiger charge is -2.07. The Labute approximate surface area is 167 Å².